The van der Waals surface area contributed by atoms with Gasteiger partial charge in [-0.15, -0.1) is 0 Å². The van der Waals surface area contributed by atoms with E-state index in [0.717, 1.165) is 50.6 Å². The highest BCUT2D eigenvalue weighted by Gasteiger charge is 2.80. The molecule has 4 saturated heterocycles. The van der Waals surface area contributed by atoms with Gasteiger partial charge >= 0.3 is 0 Å². The van der Waals surface area contributed by atoms with Crippen molar-refractivity contribution in [3.05, 3.63) is 12.2 Å². The Morgan fingerprint density at radius 2 is 1.84 bits per heavy atom. The summed E-state index contributed by atoms with van der Waals surface area (Å²) in [7, 11) is 0. The predicted octanol–water partition coefficient (Wildman–Crippen LogP) is 4.43. The van der Waals surface area contributed by atoms with Gasteiger partial charge in [-0.05, 0) is 86.9 Å². The second-order valence-electron chi connectivity index (χ2n) is 15.6. The molecule has 3 saturated carbocycles. The molecule has 7 aliphatic rings. The number of Topliss-reactive ketones (excluding diaryl/α,β-unsaturated/α-hetero) is 1. The third-order valence-corrected chi connectivity index (χ3v) is 13.1. The van der Waals surface area contributed by atoms with E-state index < -0.39 is 22.8 Å². The van der Waals surface area contributed by atoms with Crippen LogP contribution < -0.4 is 0 Å². The number of hydrogen-bond donors (Lipinski definition) is 2. The normalized spacial score (nSPS) is 61.2. The molecule has 7 fully saturated rings. The Balaban J connectivity index is 1.46. The Morgan fingerprint density at radius 3 is 2.59 bits per heavy atom. The standard InChI is InChI=1S/C31H47NO5/c1-18-10-22-21(23(33)11-18)12-24(34)25-27(22,4)16-31-29(6,28(25,5)15-26(3,35)17-36-31)7-8-30-13-19(2)9-20(37-30)14-32(30)31/h19-23,25,33,35H,1,7-17H2,2-6H3/t19-,20+,21-,22+,23-,25?,26?,27-,28-,29-,30-,31+/m0/s1. The topological polar surface area (TPSA) is 79.2 Å². The highest BCUT2D eigenvalue weighted by molar-refractivity contribution is 5.85. The monoisotopic (exact) mass is 513 g/mol. The lowest BCUT2D eigenvalue weighted by Gasteiger charge is -2.75. The molecule has 12 atom stereocenters. The minimum atomic E-state index is -1.02. The summed E-state index contributed by atoms with van der Waals surface area (Å²) in [5.41, 5.74) is -1.99. The molecule has 6 heteroatoms. The van der Waals surface area contributed by atoms with Crippen LogP contribution in [0.25, 0.3) is 0 Å². The third-order valence-electron chi connectivity index (χ3n) is 13.1. The minimum absolute atomic E-state index is 0.0298. The van der Waals surface area contributed by atoms with Gasteiger partial charge in [0, 0.05) is 24.3 Å². The number of fused-ring (bicyclic) bond motifs is 5. The van der Waals surface area contributed by atoms with E-state index in [-0.39, 0.29) is 52.8 Å². The summed E-state index contributed by atoms with van der Waals surface area (Å²) in [4.78, 5) is 16.9. The zero-order valence-electron chi connectivity index (χ0n) is 23.5. The molecule has 4 bridgehead atoms. The first-order valence-corrected chi connectivity index (χ1v) is 14.9. The van der Waals surface area contributed by atoms with Crippen LogP contribution in [0.3, 0.4) is 0 Å². The molecule has 4 heterocycles. The SMILES string of the molecule is C=C1C[C@@H]2[C@H](CC(=O)C3[C@]4(C)CC(C)(O)CO[C@@]5(C[C@]32C)N2C[C@H]3C[C@H](C)C[C@]2(CC[C@@]45C)O3)[C@@H](O)C1. The molecule has 0 radical (unpaired) electrons. The third kappa shape index (κ3) is 2.93. The molecule has 37 heavy (non-hydrogen) atoms. The van der Waals surface area contributed by atoms with Gasteiger partial charge in [0.15, 0.2) is 0 Å². The van der Waals surface area contributed by atoms with Crippen LogP contribution in [-0.2, 0) is 14.3 Å². The average molecular weight is 514 g/mol. The minimum Gasteiger partial charge on any atom is -0.392 e. The Hall–Kier alpha value is -0.790. The van der Waals surface area contributed by atoms with E-state index >= 15 is 0 Å². The van der Waals surface area contributed by atoms with E-state index in [4.69, 9.17) is 9.47 Å². The van der Waals surface area contributed by atoms with Gasteiger partial charge in [-0.2, -0.15) is 0 Å². The molecular formula is C31H47NO5. The Bertz CT molecular complexity index is 1060. The summed E-state index contributed by atoms with van der Waals surface area (Å²) in [5.74, 6) is 0.864. The van der Waals surface area contributed by atoms with Crippen LogP contribution in [-0.4, -0.2) is 63.3 Å². The summed E-state index contributed by atoms with van der Waals surface area (Å²) in [6.07, 6.45) is 6.87. The molecule has 0 aromatic rings. The number of ether oxygens (including phenoxy) is 2. The van der Waals surface area contributed by atoms with Crippen LogP contribution in [0.5, 0.6) is 0 Å². The number of carbonyl (C=O) groups excluding carboxylic acids is 1. The van der Waals surface area contributed by atoms with Crippen LogP contribution in [0.2, 0.25) is 0 Å². The Kier molecular flexibility index (Phi) is 4.96. The van der Waals surface area contributed by atoms with Gasteiger partial charge in [-0.25, -0.2) is 4.90 Å². The molecule has 0 aromatic carbocycles. The molecule has 6 nitrogen and oxygen atoms in total. The van der Waals surface area contributed by atoms with Crippen LogP contribution in [0.1, 0.15) is 92.4 Å². The molecule has 2 N–H and O–H groups in total. The molecule has 3 aliphatic carbocycles. The maximum Gasteiger partial charge on any atom is 0.137 e. The van der Waals surface area contributed by atoms with Gasteiger partial charge in [-0.3, -0.25) is 4.79 Å². The molecule has 2 unspecified atom stereocenters. The number of carbonyl (C=O) groups is 1. The zero-order valence-corrected chi connectivity index (χ0v) is 23.5. The summed E-state index contributed by atoms with van der Waals surface area (Å²) in [6, 6.07) is 0. The summed E-state index contributed by atoms with van der Waals surface area (Å²) >= 11 is 0. The van der Waals surface area contributed by atoms with Crippen LogP contribution in [0.4, 0.5) is 0 Å². The van der Waals surface area contributed by atoms with E-state index in [2.05, 4.69) is 39.2 Å². The molecular weight excluding hydrogens is 466 g/mol. The first-order valence-electron chi connectivity index (χ1n) is 14.9. The van der Waals surface area contributed by atoms with Gasteiger partial charge in [-0.1, -0.05) is 39.8 Å². The van der Waals surface area contributed by atoms with Crippen LogP contribution >= 0.6 is 0 Å². The average Bonchev–Trinajstić information content (AvgIpc) is 3.04. The van der Waals surface area contributed by atoms with Gasteiger partial charge in [0.1, 0.15) is 17.2 Å². The van der Waals surface area contributed by atoms with E-state index in [1.54, 1.807) is 0 Å². The van der Waals surface area contributed by atoms with E-state index in [0.29, 0.717) is 25.2 Å². The van der Waals surface area contributed by atoms with Crippen molar-refractivity contribution in [3.63, 3.8) is 0 Å². The quantitative estimate of drug-likeness (QED) is 0.467. The van der Waals surface area contributed by atoms with Crippen molar-refractivity contribution in [2.24, 2.45) is 39.9 Å². The summed E-state index contributed by atoms with van der Waals surface area (Å²) in [6.45, 7) is 16.7. The number of ketones is 1. The van der Waals surface area contributed by atoms with E-state index in [1.165, 1.54) is 0 Å². The largest absolute Gasteiger partial charge is 0.392 e. The van der Waals surface area contributed by atoms with Gasteiger partial charge in [0.25, 0.3) is 0 Å². The maximum atomic E-state index is 14.3. The van der Waals surface area contributed by atoms with Crippen molar-refractivity contribution in [1.29, 1.82) is 0 Å². The number of hydrogen-bond acceptors (Lipinski definition) is 6. The lowest BCUT2D eigenvalue weighted by Crippen LogP contribution is -2.80. The fourth-order valence-corrected chi connectivity index (χ4v) is 11.9. The molecule has 1 spiro atoms. The highest BCUT2D eigenvalue weighted by Crippen LogP contribution is 2.77. The molecule has 7 rings (SSSR count). The van der Waals surface area contributed by atoms with Crippen LogP contribution in [0, 0.1) is 39.9 Å². The van der Waals surface area contributed by atoms with Gasteiger partial charge in [0.05, 0.1) is 24.4 Å². The maximum absolute atomic E-state index is 14.3. The van der Waals surface area contributed by atoms with Gasteiger partial charge in [0.2, 0.25) is 0 Å². The molecule has 206 valence electrons. The molecule has 0 aromatic heterocycles. The Morgan fingerprint density at radius 1 is 1.08 bits per heavy atom. The smallest absolute Gasteiger partial charge is 0.137 e. The number of aliphatic hydroxyl groups is 2. The summed E-state index contributed by atoms with van der Waals surface area (Å²) < 4.78 is 14.0. The fourth-order valence-electron chi connectivity index (χ4n) is 11.9. The Labute approximate surface area is 222 Å². The van der Waals surface area contributed by atoms with Crippen molar-refractivity contribution in [2.75, 3.05) is 13.2 Å². The molecule has 4 aliphatic heterocycles. The van der Waals surface area contributed by atoms with E-state index in [9.17, 15) is 15.0 Å². The van der Waals surface area contributed by atoms with Crippen molar-refractivity contribution in [2.45, 2.75) is 122 Å². The van der Waals surface area contributed by atoms with E-state index in [1.807, 2.05) is 6.92 Å². The van der Waals surface area contributed by atoms with Crippen molar-refractivity contribution >= 4 is 5.78 Å². The second-order valence-corrected chi connectivity index (χ2v) is 15.6. The number of nitrogens with zero attached hydrogens (tertiary/aromatic N) is 1. The number of piperidine rings is 1. The number of aliphatic hydroxyl groups excluding tert-OH is 1. The lowest BCUT2D eigenvalue weighted by molar-refractivity contribution is -0.368. The molecule has 0 amide bonds. The first-order chi connectivity index (χ1) is 17.2. The highest BCUT2D eigenvalue weighted by atomic mass is 16.6. The summed E-state index contributed by atoms with van der Waals surface area (Å²) in [5, 5.41) is 22.9. The van der Waals surface area contributed by atoms with Gasteiger partial charge < -0.3 is 19.7 Å². The van der Waals surface area contributed by atoms with Crippen LogP contribution in [0.15, 0.2) is 12.2 Å². The fraction of sp³-hybridized carbons (Fsp3) is 0.903. The predicted molar refractivity (Wildman–Crippen MR) is 139 cm³/mol. The second kappa shape index (κ2) is 7.28. The number of rotatable bonds is 0. The van der Waals surface area contributed by atoms with Crippen molar-refractivity contribution in [3.8, 4) is 0 Å². The van der Waals surface area contributed by atoms with Crippen molar-refractivity contribution in [1.82, 2.24) is 4.90 Å². The lowest BCUT2D eigenvalue weighted by atomic mass is 9.34. The zero-order chi connectivity index (χ0) is 26.4. The first kappa shape index (κ1) is 25.2. The van der Waals surface area contributed by atoms with Crippen molar-refractivity contribution < 1.29 is 24.5 Å².